The van der Waals surface area contributed by atoms with Crippen molar-refractivity contribution in [1.29, 1.82) is 0 Å². The number of carbonyl (C=O) groups is 1. The van der Waals surface area contributed by atoms with Crippen LogP contribution in [0.5, 0.6) is 28.7 Å². The molecule has 2 unspecified atom stereocenters. The SMILES string of the molecule is COc1cc2c(cc1OC)C1C(=O)c3ccc4c(c3OC1CO2)CCC(C)(C)O4. The first-order chi connectivity index (χ1) is 13.9. The largest absolute Gasteiger partial charge is 0.493 e. The molecule has 29 heavy (non-hydrogen) atoms. The van der Waals surface area contributed by atoms with E-state index in [-0.39, 0.29) is 17.5 Å². The number of ketones is 1. The summed E-state index contributed by atoms with van der Waals surface area (Å²) in [5.41, 5.74) is 2.14. The van der Waals surface area contributed by atoms with E-state index in [2.05, 4.69) is 13.8 Å². The van der Waals surface area contributed by atoms with Gasteiger partial charge < -0.3 is 23.7 Å². The van der Waals surface area contributed by atoms with E-state index in [0.717, 1.165) is 29.7 Å². The van der Waals surface area contributed by atoms with Crippen LogP contribution in [-0.4, -0.2) is 38.3 Å². The molecule has 3 heterocycles. The number of methoxy groups -OCH3 is 2. The van der Waals surface area contributed by atoms with E-state index in [0.29, 0.717) is 35.2 Å². The zero-order valence-electron chi connectivity index (χ0n) is 17.0. The van der Waals surface area contributed by atoms with E-state index in [1.807, 2.05) is 18.2 Å². The van der Waals surface area contributed by atoms with Gasteiger partial charge in [-0.1, -0.05) is 0 Å². The molecule has 0 radical (unpaired) electrons. The van der Waals surface area contributed by atoms with Gasteiger partial charge in [-0.3, -0.25) is 4.79 Å². The first-order valence-electron chi connectivity index (χ1n) is 9.86. The third-order valence-corrected chi connectivity index (χ3v) is 6.02. The summed E-state index contributed by atoms with van der Waals surface area (Å²) in [5, 5.41) is 0. The topological polar surface area (TPSA) is 63.2 Å². The fraction of sp³-hybridized carbons (Fsp3) is 0.435. The summed E-state index contributed by atoms with van der Waals surface area (Å²) in [6.07, 6.45) is 1.30. The minimum atomic E-state index is -0.440. The van der Waals surface area contributed by atoms with E-state index in [1.54, 1.807) is 20.3 Å². The van der Waals surface area contributed by atoms with Crippen LogP contribution in [-0.2, 0) is 6.42 Å². The second kappa shape index (κ2) is 6.31. The van der Waals surface area contributed by atoms with Crippen molar-refractivity contribution in [1.82, 2.24) is 0 Å². The first kappa shape index (κ1) is 18.2. The van der Waals surface area contributed by atoms with Crippen molar-refractivity contribution in [2.45, 2.75) is 44.3 Å². The van der Waals surface area contributed by atoms with Crippen LogP contribution < -0.4 is 23.7 Å². The Morgan fingerprint density at radius 3 is 2.59 bits per heavy atom. The highest BCUT2D eigenvalue weighted by Crippen LogP contribution is 2.49. The van der Waals surface area contributed by atoms with Gasteiger partial charge in [0.05, 0.1) is 25.7 Å². The molecule has 3 aliphatic heterocycles. The number of hydrogen-bond donors (Lipinski definition) is 0. The lowest BCUT2D eigenvalue weighted by atomic mass is 9.80. The van der Waals surface area contributed by atoms with Crippen LogP contribution in [0.2, 0.25) is 0 Å². The maximum absolute atomic E-state index is 13.5. The molecule has 0 fully saturated rings. The van der Waals surface area contributed by atoms with E-state index < -0.39 is 5.92 Å². The lowest BCUT2D eigenvalue weighted by Gasteiger charge is -2.40. The van der Waals surface area contributed by atoms with Crippen LogP contribution in [0.25, 0.3) is 0 Å². The van der Waals surface area contributed by atoms with E-state index in [1.165, 1.54) is 0 Å². The minimum absolute atomic E-state index is 0.0423. The summed E-state index contributed by atoms with van der Waals surface area (Å²) < 4.78 is 29.2. The Labute approximate surface area is 169 Å². The number of Topliss-reactive ketones (excluding diaryl/α,β-unsaturated/α-hetero) is 1. The summed E-state index contributed by atoms with van der Waals surface area (Å²) in [4.78, 5) is 13.5. The molecule has 152 valence electrons. The molecule has 0 saturated carbocycles. The highest BCUT2D eigenvalue weighted by molar-refractivity contribution is 6.05. The van der Waals surface area contributed by atoms with Gasteiger partial charge in [0.15, 0.2) is 17.3 Å². The molecule has 0 amide bonds. The molecule has 2 atom stereocenters. The number of carbonyl (C=O) groups excluding carboxylic acids is 1. The van der Waals surface area contributed by atoms with Gasteiger partial charge in [-0.2, -0.15) is 0 Å². The molecule has 0 aliphatic carbocycles. The summed E-state index contributed by atoms with van der Waals surface area (Å²) >= 11 is 0. The van der Waals surface area contributed by atoms with E-state index in [4.69, 9.17) is 23.7 Å². The van der Waals surface area contributed by atoms with Crippen LogP contribution in [0.4, 0.5) is 0 Å². The van der Waals surface area contributed by atoms with Gasteiger partial charge >= 0.3 is 0 Å². The minimum Gasteiger partial charge on any atom is -0.493 e. The number of fused-ring (bicyclic) bond motifs is 6. The normalized spacial score (nSPS) is 23.2. The Kier molecular flexibility index (Phi) is 3.95. The number of hydrogen-bond acceptors (Lipinski definition) is 6. The molecule has 0 spiro atoms. The highest BCUT2D eigenvalue weighted by Gasteiger charge is 2.45. The molecule has 5 rings (SSSR count). The molecule has 2 aromatic rings. The first-order valence-corrected chi connectivity index (χ1v) is 9.86. The van der Waals surface area contributed by atoms with Gasteiger partial charge in [0.1, 0.15) is 35.6 Å². The van der Waals surface area contributed by atoms with Crippen LogP contribution >= 0.6 is 0 Å². The molecular formula is C23H24O6. The lowest BCUT2D eigenvalue weighted by Crippen LogP contribution is -2.43. The molecule has 0 N–H and O–H groups in total. The van der Waals surface area contributed by atoms with Crippen LogP contribution in [0, 0.1) is 0 Å². The fourth-order valence-corrected chi connectivity index (χ4v) is 4.49. The molecular weight excluding hydrogens is 372 g/mol. The van der Waals surface area contributed by atoms with Gasteiger partial charge in [-0.15, -0.1) is 0 Å². The summed E-state index contributed by atoms with van der Waals surface area (Å²) in [7, 11) is 3.15. The van der Waals surface area contributed by atoms with Gasteiger partial charge in [0.25, 0.3) is 0 Å². The van der Waals surface area contributed by atoms with Crippen molar-refractivity contribution in [2.24, 2.45) is 0 Å². The van der Waals surface area contributed by atoms with Gasteiger partial charge in [-0.25, -0.2) is 0 Å². The van der Waals surface area contributed by atoms with Crippen molar-refractivity contribution in [3.63, 3.8) is 0 Å². The predicted octanol–water partition coefficient (Wildman–Crippen LogP) is 3.93. The van der Waals surface area contributed by atoms with Crippen molar-refractivity contribution >= 4 is 5.78 Å². The third kappa shape index (κ3) is 2.73. The van der Waals surface area contributed by atoms with Gasteiger partial charge in [-0.05, 0) is 44.9 Å². The lowest BCUT2D eigenvalue weighted by molar-refractivity contribution is 0.0519. The Morgan fingerprint density at radius 1 is 1.07 bits per heavy atom. The van der Waals surface area contributed by atoms with Gasteiger partial charge in [0.2, 0.25) is 0 Å². The highest BCUT2D eigenvalue weighted by atomic mass is 16.5. The maximum Gasteiger partial charge on any atom is 0.178 e. The van der Waals surface area contributed by atoms with Gasteiger partial charge in [0, 0.05) is 17.2 Å². The molecule has 0 saturated heterocycles. The van der Waals surface area contributed by atoms with Crippen molar-refractivity contribution in [3.05, 3.63) is 41.0 Å². The second-order valence-electron chi connectivity index (χ2n) is 8.33. The second-order valence-corrected chi connectivity index (χ2v) is 8.33. The van der Waals surface area contributed by atoms with Crippen LogP contribution in [0.3, 0.4) is 0 Å². The molecule has 3 aliphatic rings. The van der Waals surface area contributed by atoms with E-state index >= 15 is 0 Å². The number of ether oxygens (including phenoxy) is 5. The molecule has 0 bridgehead atoms. The zero-order chi connectivity index (χ0) is 20.3. The van der Waals surface area contributed by atoms with Crippen molar-refractivity contribution < 1.29 is 28.5 Å². The van der Waals surface area contributed by atoms with E-state index in [9.17, 15) is 4.79 Å². The average Bonchev–Trinajstić information content (AvgIpc) is 2.71. The van der Waals surface area contributed by atoms with Crippen molar-refractivity contribution in [3.8, 4) is 28.7 Å². The molecule has 2 aromatic carbocycles. The fourth-order valence-electron chi connectivity index (χ4n) is 4.49. The Bertz CT molecular complexity index is 1010. The Morgan fingerprint density at radius 2 is 1.83 bits per heavy atom. The number of benzene rings is 2. The maximum atomic E-state index is 13.5. The van der Waals surface area contributed by atoms with Crippen molar-refractivity contribution in [2.75, 3.05) is 20.8 Å². The zero-order valence-corrected chi connectivity index (χ0v) is 17.0. The standard InChI is InChI=1S/C23H24O6/c1-23(2)8-7-12-15(29-23)6-5-13-21(24)20-14-9-17(25-3)18(26-4)10-16(14)27-11-19(20)28-22(12)13/h5-6,9-10,19-20H,7-8,11H2,1-4H3. The summed E-state index contributed by atoms with van der Waals surface area (Å²) in [6, 6.07) is 7.31. The molecule has 6 nitrogen and oxygen atoms in total. The predicted molar refractivity (Wildman–Crippen MR) is 106 cm³/mol. The quantitative estimate of drug-likeness (QED) is 0.767. The average molecular weight is 396 g/mol. The third-order valence-electron chi connectivity index (χ3n) is 6.02. The smallest absolute Gasteiger partial charge is 0.178 e. The number of rotatable bonds is 2. The Hall–Kier alpha value is -2.89. The summed E-state index contributed by atoms with van der Waals surface area (Å²) in [5.74, 6) is 2.82. The monoisotopic (exact) mass is 396 g/mol. The van der Waals surface area contributed by atoms with Crippen LogP contribution in [0.15, 0.2) is 24.3 Å². The molecule has 6 heteroatoms. The summed E-state index contributed by atoms with van der Waals surface area (Å²) in [6.45, 7) is 4.45. The van der Waals surface area contributed by atoms with Crippen LogP contribution in [0.1, 0.15) is 47.7 Å². The Balaban J connectivity index is 1.59. The molecule has 0 aromatic heterocycles.